The normalized spacial score (nSPS) is 14.3. The van der Waals surface area contributed by atoms with Crippen LogP contribution in [0, 0.1) is 0 Å². The van der Waals surface area contributed by atoms with Crippen LogP contribution in [0.3, 0.4) is 0 Å². The first-order chi connectivity index (χ1) is 8.55. The van der Waals surface area contributed by atoms with Gasteiger partial charge in [-0.25, -0.2) is 0 Å². The fourth-order valence-corrected chi connectivity index (χ4v) is 3.58. The van der Waals surface area contributed by atoms with Gasteiger partial charge in [-0.1, -0.05) is 32.6 Å². The molecule has 0 aromatic rings. The number of carbonyl (C=O) groups is 1. The van der Waals surface area contributed by atoms with Crippen molar-refractivity contribution in [1.82, 2.24) is 0 Å². The van der Waals surface area contributed by atoms with Crippen molar-refractivity contribution in [2.45, 2.75) is 84.4 Å². The zero-order chi connectivity index (χ0) is 15.1. The largest absolute Gasteiger partial charge is 0.518 e. The molecule has 5 heteroatoms. The van der Waals surface area contributed by atoms with Gasteiger partial charge in [-0.05, 0) is 45.7 Å². The number of hydrogen-bond acceptors (Lipinski definition) is 3. The van der Waals surface area contributed by atoms with Crippen LogP contribution in [0.1, 0.15) is 39.0 Å². The summed E-state index contributed by atoms with van der Waals surface area (Å²) in [5.74, 6) is -0.141. The molecule has 0 aliphatic rings. The molecule has 0 aliphatic heterocycles. The van der Waals surface area contributed by atoms with Crippen molar-refractivity contribution >= 4 is 22.6 Å². The molecule has 0 rings (SSSR count). The fraction of sp³-hybridized carbons (Fsp3) is 0.929. The molecule has 0 heterocycles. The molecule has 1 unspecified atom stereocenters. The van der Waals surface area contributed by atoms with Crippen molar-refractivity contribution < 1.29 is 13.6 Å². The van der Waals surface area contributed by atoms with E-state index in [2.05, 4.69) is 26.6 Å². The second kappa shape index (κ2) is 8.22. The minimum absolute atomic E-state index is 0.141. The van der Waals surface area contributed by atoms with Crippen LogP contribution < -0.4 is 0 Å². The molecular weight excluding hydrogens is 272 g/mol. The molecule has 19 heavy (non-hydrogen) atoms. The average Bonchev–Trinajstić information content (AvgIpc) is 2.18. The number of carbonyl (C=O) groups excluding carboxylic acids is 1. The molecule has 0 spiro atoms. The molecule has 0 amide bonds. The minimum Gasteiger partial charge on any atom is -0.518 e. The second-order valence-electron chi connectivity index (χ2n) is 7.10. The molecule has 0 saturated heterocycles. The van der Waals surface area contributed by atoms with E-state index in [4.69, 9.17) is 8.85 Å². The topological polar surface area (TPSA) is 35.5 Å². The Labute approximate surface area is 121 Å². The summed E-state index contributed by atoms with van der Waals surface area (Å²) in [6, 6.07) is 0. The minimum atomic E-state index is -1.83. The van der Waals surface area contributed by atoms with Gasteiger partial charge in [0.25, 0.3) is 0 Å². The van der Waals surface area contributed by atoms with Crippen LogP contribution in [0.2, 0.25) is 39.3 Å². The Hall–Kier alpha value is -0.136. The summed E-state index contributed by atoms with van der Waals surface area (Å²) >= 11 is 0. The van der Waals surface area contributed by atoms with Gasteiger partial charge in [-0.15, -0.1) is 0 Å². The van der Waals surface area contributed by atoms with Crippen LogP contribution in [0.4, 0.5) is 0 Å². The van der Waals surface area contributed by atoms with E-state index >= 15 is 0 Å². The Bertz CT molecular complexity index is 267. The van der Waals surface area contributed by atoms with E-state index in [1.807, 2.05) is 19.6 Å². The lowest BCUT2D eigenvalue weighted by molar-refractivity contribution is -0.143. The van der Waals surface area contributed by atoms with Gasteiger partial charge in [0.05, 0.1) is 0 Å². The zero-order valence-electron chi connectivity index (χ0n) is 13.8. The zero-order valence-corrected chi connectivity index (χ0v) is 15.8. The van der Waals surface area contributed by atoms with Crippen LogP contribution in [0.5, 0.6) is 0 Å². The molecule has 0 aliphatic carbocycles. The maximum atomic E-state index is 12.2. The maximum Gasteiger partial charge on any atom is 0.320 e. The van der Waals surface area contributed by atoms with Gasteiger partial charge in [0.1, 0.15) is 6.10 Å². The van der Waals surface area contributed by atoms with Crippen molar-refractivity contribution in [3.05, 3.63) is 0 Å². The molecule has 114 valence electrons. The third kappa shape index (κ3) is 11.4. The lowest BCUT2D eigenvalue weighted by Crippen LogP contribution is -2.41. The van der Waals surface area contributed by atoms with E-state index in [1.54, 1.807) is 0 Å². The smallest absolute Gasteiger partial charge is 0.320 e. The Morgan fingerprint density at radius 3 is 1.95 bits per heavy atom. The average molecular weight is 305 g/mol. The number of rotatable bonds is 9. The van der Waals surface area contributed by atoms with E-state index in [-0.39, 0.29) is 12.1 Å². The number of hydrogen-bond donors (Lipinski definition) is 0. The summed E-state index contributed by atoms with van der Waals surface area (Å²) < 4.78 is 11.6. The highest BCUT2D eigenvalue weighted by Gasteiger charge is 2.30. The van der Waals surface area contributed by atoms with Gasteiger partial charge >= 0.3 is 5.97 Å². The lowest BCUT2D eigenvalue weighted by Gasteiger charge is -2.28. The van der Waals surface area contributed by atoms with E-state index in [0.717, 1.165) is 12.8 Å². The van der Waals surface area contributed by atoms with E-state index in [0.29, 0.717) is 0 Å². The molecule has 0 fully saturated rings. The van der Waals surface area contributed by atoms with E-state index in [9.17, 15) is 4.79 Å². The third-order valence-corrected chi connectivity index (χ3v) is 4.29. The van der Waals surface area contributed by atoms with Crippen molar-refractivity contribution in [2.24, 2.45) is 0 Å². The molecule has 0 bridgehead atoms. The Morgan fingerprint density at radius 1 is 0.947 bits per heavy atom. The lowest BCUT2D eigenvalue weighted by atomic mass is 10.1. The molecule has 3 nitrogen and oxygen atoms in total. The molecular formula is C14H32O3Si2. The summed E-state index contributed by atoms with van der Waals surface area (Å²) in [7, 11) is -3.54. The van der Waals surface area contributed by atoms with Crippen molar-refractivity contribution in [3.63, 3.8) is 0 Å². The summed E-state index contributed by atoms with van der Waals surface area (Å²) in [6.45, 7) is 14.7. The molecule has 0 N–H and O–H groups in total. The van der Waals surface area contributed by atoms with Crippen molar-refractivity contribution in [1.29, 1.82) is 0 Å². The third-order valence-electron chi connectivity index (χ3n) is 2.49. The second-order valence-corrected chi connectivity index (χ2v) is 16.0. The SMILES string of the molecule is CCCCCCC(O[Si](C)(C)C)C(=O)O[Si](C)(C)C. The first kappa shape index (κ1) is 18.9. The first-order valence-electron chi connectivity index (χ1n) is 7.46. The van der Waals surface area contributed by atoms with Gasteiger partial charge in [-0.2, -0.15) is 0 Å². The van der Waals surface area contributed by atoms with Gasteiger partial charge < -0.3 is 8.85 Å². The van der Waals surface area contributed by atoms with Gasteiger partial charge in [0.15, 0.2) is 8.32 Å². The summed E-state index contributed by atoms with van der Waals surface area (Å²) in [6.07, 6.45) is 5.09. The predicted octanol–water partition coefficient (Wildman–Crippen LogP) is 4.56. The molecule has 0 aromatic heterocycles. The molecule has 1 atom stereocenters. The van der Waals surface area contributed by atoms with Crippen LogP contribution in [0.25, 0.3) is 0 Å². The highest BCUT2D eigenvalue weighted by molar-refractivity contribution is 6.71. The predicted molar refractivity (Wildman–Crippen MR) is 86.4 cm³/mol. The monoisotopic (exact) mass is 304 g/mol. The maximum absolute atomic E-state index is 12.2. The fourth-order valence-electron chi connectivity index (χ4n) is 1.78. The Balaban J connectivity index is 4.44. The van der Waals surface area contributed by atoms with Gasteiger partial charge in [0.2, 0.25) is 8.32 Å². The highest BCUT2D eigenvalue weighted by Crippen LogP contribution is 2.17. The van der Waals surface area contributed by atoms with Crippen molar-refractivity contribution in [2.75, 3.05) is 0 Å². The van der Waals surface area contributed by atoms with Crippen LogP contribution in [-0.4, -0.2) is 28.7 Å². The standard InChI is InChI=1S/C14H32O3Si2/c1-8-9-10-11-12-13(16-18(2,3)4)14(15)17-19(5,6)7/h13H,8-12H2,1-7H3. The van der Waals surface area contributed by atoms with Crippen LogP contribution in [0.15, 0.2) is 0 Å². The number of unbranched alkanes of at least 4 members (excludes halogenated alkanes) is 3. The molecule has 0 aromatic carbocycles. The Morgan fingerprint density at radius 2 is 1.53 bits per heavy atom. The van der Waals surface area contributed by atoms with E-state index in [1.165, 1.54) is 19.3 Å². The Kier molecular flexibility index (Phi) is 8.16. The highest BCUT2D eigenvalue weighted by atomic mass is 28.4. The van der Waals surface area contributed by atoms with Crippen molar-refractivity contribution in [3.8, 4) is 0 Å². The van der Waals surface area contributed by atoms with E-state index < -0.39 is 16.6 Å². The first-order valence-corrected chi connectivity index (χ1v) is 14.3. The van der Waals surface area contributed by atoms with Crippen LogP contribution in [-0.2, 0) is 13.6 Å². The molecule has 0 saturated carbocycles. The molecule has 0 radical (unpaired) electrons. The summed E-state index contributed by atoms with van der Waals surface area (Å²) in [4.78, 5) is 12.2. The van der Waals surface area contributed by atoms with Crippen LogP contribution >= 0.6 is 0 Å². The quantitative estimate of drug-likeness (QED) is 0.463. The summed E-state index contributed by atoms with van der Waals surface area (Å²) in [5.41, 5.74) is 0. The van der Waals surface area contributed by atoms with Gasteiger partial charge in [0, 0.05) is 0 Å². The van der Waals surface area contributed by atoms with Gasteiger partial charge in [-0.3, -0.25) is 4.79 Å². The summed E-state index contributed by atoms with van der Waals surface area (Å²) in [5, 5.41) is 0.